The minimum Gasteiger partial charge on any atom is -0.494 e. The maximum atomic E-state index is 10.8. The Bertz CT molecular complexity index is 368. The highest BCUT2D eigenvalue weighted by atomic mass is 127. The zero-order valence-corrected chi connectivity index (χ0v) is 12.1. The minimum atomic E-state index is 0.0301. The fourth-order valence-corrected chi connectivity index (χ4v) is 1.56. The third kappa shape index (κ3) is 6.46. The topological polar surface area (TPSA) is 26.3 Å². The monoisotopic (exact) mass is 344 g/mol. The molecule has 0 aliphatic rings. The van der Waals surface area contributed by atoms with E-state index in [1.54, 1.807) is 34.7 Å². The zero-order chi connectivity index (χ0) is 12.5. The summed E-state index contributed by atoms with van der Waals surface area (Å²) in [5, 5.41) is 0. The Morgan fingerprint density at radius 2 is 2.00 bits per heavy atom. The Balaban J connectivity index is 2.42. The lowest BCUT2D eigenvalue weighted by Crippen LogP contribution is -1.96. The van der Waals surface area contributed by atoms with Gasteiger partial charge in [-0.25, -0.2) is 0 Å². The smallest absolute Gasteiger partial charge is 0.215 e. The van der Waals surface area contributed by atoms with Crippen LogP contribution in [0.25, 0.3) is 6.08 Å². The van der Waals surface area contributed by atoms with E-state index in [0.717, 1.165) is 24.3 Å². The summed E-state index contributed by atoms with van der Waals surface area (Å²) in [4.78, 5) is 10.8. The quantitative estimate of drug-likeness (QED) is 0.320. The van der Waals surface area contributed by atoms with E-state index >= 15 is 0 Å². The fraction of sp³-hybridized carbons (Fsp3) is 0.357. The molecule has 3 heteroatoms. The minimum absolute atomic E-state index is 0.0301. The molecule has 17 heavy (non-hydrogen) atoms. The van der Waals surface area contributed by atoms with Crippen molar-refractivity contribution in [2.45, 2.75) is 26.2 Å². The normalized spacial score (nSPS) is 10.7. The van der Waals surface area contributed by atoms with Crippen LogP contribution in [-0.4, -0.2) is 10.4 Å². The highest BCUT2D eigenvalue weighted by molar-refractivity contribution is 14.1. The van der Waals surface area contributed by atoms with Crippen molar-refractivity contribution < 1.29 is 9.53 Å². The van der Waals surface area contributed by atoms with Crippen molar-refractivity contribution in [2.24, 2.45) is 0 Å². The molecular formula is C14H17IO2. The van der Waals surface area contributed by atoms with Crippen LogP contribution in [0, 0.1) is 0 Å². The Kier molecular flexibility index (Phi) is 6.93. The van der Waals surface area contributed by atoms with Gasteiger partial charge in [0.15, 0.2) is 0 Å². The lowest BCUT2D eigenvalue weighted by Gasteiger charge is -2.05. The SMILES string of the molecule is CCCCCOc1ccc(/C=C/C(=O)I)cc1. The number of ether oxygens (including phenoxy) is 1. The molecule has 0 bridgehead atoms. The molecular weight excluding hydrogens is 327 g/mol. The Morgan fingerprint density at radius 1 is 1.29 bits per heavy atom. The number of hydrogen-bond donors (Lipinski definition) is 0. The molecule has 0 heterocycles. The van der Waals surface area contributed by atoms with Crippen LogP contribution >= 0.6 is 22.6 Å². The molecule has 1 rings (SSSR count). The van der Waals surface area contributed by atoms with Gasteiger partial charge in [-0.2, -0.15) is 0 Å². The van der Waals surface area contributed by atoms with Crippen molar-refractivity contribution >= 4 is 32.5 Å². The van der Waals surface area contributed by atoms with Gasteiger partial charge in [-0.1, -0.05) is 38.0 Å². The number of carbonyl (C=O) groups excluding carboxylic acids is 1. The number of hydrogen-bond acceptors (Lipinski definition) is 2. The molecule has 0 unspecified atom stereocenters. The number of carbonyl (C=O) groups is 1. The van der Waals surface area contributed by atoms with E-state index in [9.17, 15) is 4.79 Å². The first-order chi connectivity index (χ1) is 8.22. The zero-order valence-electron chi connectivity index (χ0n) is 9.99. The molecule has 0 saturated carbocycles. The summed E-state index contributed by atoms with van der Waals surface area (Å²) in [6.45, 7) is 2.95. The predicted octanol–water partition coefficient (Wildman–Crippen LogP) is 4.23. The highest BCUT2D eigenvalue weighted by Gasteiger charge is 1.94. The molecule has 0 saturated heterocycles. The van der Waals surface area contributed by atoms with Gasteiger partial charge in [0.1, 0.15) is 5.75 Å². The van der Waals surface area contributed by atoms with Crippen LogP contribution < -0.4 is 4.74 Å². The van der Waals surface area contributed by atoms with E-state index in [4.69, 9.17) is 4.74 Å². The van der Waals surface area contributed by atoms with Crippen LogP contribution in [0.4, 0.5) is 0 Å². The van der Waals surface area contributed by atoms with E-state index < -0.39 is 0 Å². The Morgan fingerprint density at radius 3 is 2.59 bits per heavy atom. The van der Waals surface area contributed by atoms with E-state index in [1.807, 2.05) is 24.3 Å². The van der Waals surface area contributed by atoms with Crippen LogP contribution in [0.1, 0.15) is 31.7 Å². The maximum absolute atomic E-state index is 10.8. The van der Waals surface area contributed by atoms with Crippen LogP contribution in [0.5, 0.6) is 5.75 Å². The first kappa shape index (κ1) is 14.2. The van der Waals surface area contributed by atoms with E-state index in [-0.39, 0.29) is 3.79 Å². The summed E-state index contributed by atoms with van der Waals surface area (Å²) in [6.07, 6.45) is 6.87. The van der Waals surface area contributed by atoms with Gasteiger partial charge < -0.3 is 4.74 Å². The van der Waals surface area contributed by atoms with E-state index in [1.165, 1.54) is 12.8 Å². The molecule has 0 atom stereocenters. The van der Waals surface area contributed by atoms with Crippen LogP contribution in [0.15, 0.2) is 30.3 Å². The molecule has 0 aromatic heterocycles. The first-order valence-electron chi connectivity index (χ1n) is 5.83. The van der Waals surface area contributed by atoms with Gasteiger partial charge in [-0.3, -0.25) is 4.79 Å². The fourth-order valence-electron chi connectivity index (χ4n) is 1.38. The van der Waals surface area contributed by atoms with E-state index in [2.05, 4.69) is 6.92 Å². The highest BCUT2D eigenvalue weighted by Crippen LogP contribution is 2.14. The standard InChI is InChI=1S/C14H17IO2/c1-2-3-4-11-17-13-8-5-12(6-9-13)7-10-14(15)16/h5-10H,2-4,11H2,1H3/b10-7+. The summed E-state index contributed by atoms with van der Waals surface area (Å²) in [5.74, 6) is 0.888. The summed E-state index contributed by atoms with van der Waals surface area (Å²) in [5.41, 5.74) is 1.01. The van der Waals surface area contributed by atoms with Crippen LogP contribution in [-0.2, 0) is 4.79 Å². The van der Waals surface area contributed by atoms with Gasteiger partial charge in [-0.05, 0) is 30.2 Å². The average molecular weight is 344 g/mol. The van der Waals surface area contributed by atoms with Crippen molar-refractivity contribution in [2.75, 3.05) is 6.61 Å². The molecule has 0 N–H and O–H groups in total. The van der Waals surface area contributed by atoms with Crippen LogP contribution in [0.3, 0.4) is 0 Å². The molecule has 0 aliphatic carbocycles. The van der Waals surface area contributed by atoms with Gasteiger partial charge >= 0.3 is 0 Å². The summed E-state index contributed by atoms with van der Waals surface area (Å²) < 4.78 is 5.63. The van der Waals surface area contributed by atoms with Crippen molar-refractivity contribution in [3.8, 4) is 5.75 Å². The summed E-state index contributed by atoms with van der Waals surface area (Å²) >= 11 is 1.75. The molecule has 0 spiro atoms. The van der Waals surface area contributed by atoms with Crippen molar-refractivity contribution in [1.82, 2.24) is 0 Å². The third-order valence-electron chi connectivity index (χ3n) is 2.30. The van der Waals surface area contributed by atoms with Crippen molar-refractivity contribution in [3.63, 3.8) is 0 Å². The third-order valence-corrected chi connectivity index (χ3v) is 2.66. The number of rotatable bonds is 7. The molecule has 2 nitrogen and oxygen atoms in total. The lowest BCUT2D eigenvalue weighted by atomic mass is 10.2. The number of allylic oxidation sites excluding steroid dienone is 1. The molecule has 92 valence electrons. The lowest BCUT2D eigenvalue weighted by molar-refractivity contribution is -0.105. The van der Waals surface area contributed by atoms with E-state index in [0.29, 0.717) is 0 Å². The second-order valence-electron chi connectivity index (χ2n) is 3.76. The summed E-state index contributed by atoms with van der Waals surface area (Å²) in [7, 11) is 0. The van der Waals surface area contributed by atoms with Crippen molar-refractivity contribution in [3.05, 3.63) is 35.9 Å². The molecule has 0 amide bonds. The van der Waals surface area contributed by atoms with Crippen molar-refractivity contribution in [1.29, 1.82) is 0 Å². The van der Waals surface area contributed by atoms with Gasteiger partial charge in [0.05, 0.1) is 6.61 Å². The number of unbranched alkanes of at least 4 members (excludes halogenated alkanes) is 2. The number of benzene rings is 1. The maximum Gasteiger partial charge on any atom is 0.215 e. The van der Waals surface area contributed by atoms with Gasteiger partial charge in [0.2, 0.25) is 3.79 Å². The van der Waals surface area contributed by atoms with Crippen LogP contribution in [0.2, 0.25) is 0 Å². The molecule has 0 radical (unpaired) electrons. The van der Waals surface area contributed by atoms with Gasteiger partial charge in [-0.15, -0.1) is 0 Å². The Hall–Kier alpha value is -0.840. The molecule has 1 aromatic rings. The molecule has 0 fully saturated rings. The first-order valence-corrected chi connectivity index (χ1v) is 6.90. The largest absolute Gasteiger partial charge is 0.494 e. The Labute approximate surface area is 116 Å². The van der Waals surface area contributed by atoms with Gasteiger partial charge in [0, 0.05) is 22.6 Å². The number of halogens is 1. The summed E-state index contributed by atoms with van der Waals surface area (Å²) in [6, 6.07) is 7.77. The second-order valence-corrected chi connectivity index (χ2v) is 4.83. The van der Waals surface area contributed by atoms with Gasteiger partial charge in [0.25, 0.3) is 0 Å². The second kappa shape index (κ2) is 8.28. The molecule has 1 aromatic carbocycles. The molecule has 0 aliphatic heterocycles. The predicted molar refractivity (Wildman–Crippen MR) is 79.5 cm³/mol. The average Bonchev–Trinajstić information content (AvgIpc) is 2.33.